The average molecular weight is 385 g/mol. The highest BCUT2D eigenvalue weighted by Crippen LogP contribution is 2.45. The third kappa shape index (κ3) is 4.11. The van der Waals surface area contributed by atoms with Crippen LogP contribution in [0, 0.1) is 5.41 Å². The van der Waals surface area contributed by atoms with Crippen LogP contribution in [0.4, 0.5) is 11.4 Å². The Morgan fingerprint density at radius 1 is 1.19 bits per heavy atom. The van der Waals surface area contributed by atoms with E-state index < -0.39 is 5.41 Å². The number of ether oxygens (including phenoxy) is 1. The standard InChI is InChI=1S/C21H24N2O3S/c1-21(2,3)20(25)22-15-9-7-8-14(12-15)19-23(18(24)13-27-19)16-10-5-6-11-17(16)26-4/h5-12,19H,13H2,1-4H3,(H,22,25)/t19-/m1/s1. The summed E-state index contributed by atoms with van der Waals surface area (Å²) < 4.78 is 5.44. The first-order valence-corrected chi connectivity index (χ1v) is 9.84. The smallest absolute Gasteiger partial charge is 0.238 e. The molecule has 1 saturated heterocycles. The Morgan fingerprint density at radius 3 is 2.63 bits per heavy atom. The van der Waals surface area contributed by atoms with Crippen LogP contribution in [0.15, 0.2) is 48.5 Å². The maximum Gasteiger partial charge on any atom is 0.238 e. The minimum Gasteiger partial charge on any atom is -0.495 e. The molecule has 0 aromatic heterocycles. The Balaban J connectivity index is 1.92. The first-order chi connectivity index (χ1) is 12.8. The van der Waals surface area contributed by atoms with E-state index in [2.05, 4.69) is 5.32 Å². The summed E-state index contributed by atoms with van der Waals surface area (Å²) in [6.45, 7) is 5.63. The molecule has 5 nitrogen and oxygen atoms in total. The summed E-state index contributed by atoms with van der Waals surface area (Å²) >= 11 is 1.57. The predicted molar refractivity (Wildman–Crippen MR) is 110 cm³/mol. The van der Waals surface area contributed by atoms with Crippen molar-refractivity contribution < 1.29 is 14.3 Å². The molecule has 1 aliphatic rings. The normalized spacial score (nSPS) is 17.1. The van der Waals surface area contributed by atoms with Crippen molar-refractivity contribution in [3.8, 4) is 5.75 Å². The maximum atomic E-state index is 12.6. The van der Waals surface area contributed by atoms with Gasteiger partial charge in [-0.25, -0.2) is 0 Å². The van der Waals surface area contributed by atoms with Gasteiger partial charge in [0.1, 0.15) is 11.1 Å². The molecular formula is C21H24N2O3S. The van der Waals surface area contributed by atoms with E-state index in [9.17, 15) is 9.59 Å². The van der Waals surface area contributed by atoms with Crippen LogP contribution in [-0.2, 0) is 9.59 Å². The number of hydrogen-bond acceptors (Lipinski definition) is 4. The van der Waals surface area contributed by atoms with Gasteiger partial charge in [-0.05, 0) is 29.8 Å². The Bertz CT molecular complexity index is 861. The Kier molecular flexibility index (Phi) is 5.46. The zero-order chi connectivity index (χ0) is 19.6. The molecule has 142 valence electrons. The van der Waals surface area contributed by atoms with E-state index in [1.165, 1.54) is 0 Å². The lowest BCUT2D eigenvalue weighted by Gasteiger charge is -2.26. The number of carbonyl (C=O) groups is 2. The Labute approximate surface area is 164 Å². The quantitative estimate of drug-likeness (QED) is 0.846. The van der Waals surface area contributed by atoms with Crippen molar-refractivity contribution in [1.29, 1.82) is 0 Å². The molecule has 0 spiro atoms. The molecule has 2 aromatic rings. The van der Waals surface area contributed by atoms with Gasteiger partial charge in [-0.1, -0.05) is 45.0 Å². The molecule has 1 N–H and O–H groups in total. The van der Waals surface area contributed by atoms with E-state index in [4.69, 9.17) is 4.74 Å². The van der Waals surface area contributed by atoms with E-state index in [-0.39, 0.29) is 17.2 Å². The van der Waals surface area contributed by atoms with Crippen LogP contribution >= 0.6 is 11.8 Å². The van der Waals surface area contributed by atoms with Crippen LogP contribution in [0.3, 0.4) is 0 Å². The van der Waals surface area contributed by atoms with Gasteiger partial charge in [-0.15, -0.1) is 11.8 Å². The number of para-hydroxylation sites is 2. The van der Waals surface area contributed by atoms with E-state index in [0.717, 1.165) is 16.9 Å². The van der Waals surface area contributed by atoms with E-state index >= 15 is 0 Å². The lowest BCUT2D eigenvalue weighted by Crippen LogP contribution is -2.29. The number of nitrogens with one attached hydrogen (secondary N) is 1. The third-order valence-electron chi connectivity index (χ3n) is 4.32. The first-order valence-electron chi connectivity index (χ1n) is 8.79. The maximum absolute atomic E-state index is 12.6. The Hall–Kier alpha value is -2.47. The predicted octanol–water partition coefficient (Wildman–Crippen LogP) is 4.46. The molecule has 1 atom stereocenters. The fraction of sp³-hybridized carbons (Fsp3) is 0.333. The zero-order valence-corrected chi connectivity index (χ0v) is 16.8. The summed E-state index contributed by atoms with van der Waals surface area (Å²) in [6, 6.07) is 15.2. The highest BCUT2D eigenvalue weighted by molar-refractivity contribution is 8.00. The second kappa shape index (κ2) is 7.64. The van der Waals surface area contributed by atoms with Gasteiger partial charge >= 0.3 is 0 Å². The molecular weight excluding hydrogens is 360 g/mol. The summed E-state index contributed by atoms with van der Waals surface area (Å²) in [5.74, 6) is 1.06. The second-order valence-electron chi connectivity index (χ2n) is 7.43. The summed E-state index contributed by atoms with van der Waals surface area (Å²) in [7, 11) is 1.60. The fourth-order valence-corrected chi connectivity index (χ4v) is 4.01. The molecule has 6 heteroatoms. The van der Waals surface area contributed by atoms with Gasteiger partial charge in [0.2, 0.25) is 11.8 Å². The van der Waals surface area contributed by atoms with Gasteiger partial charge < -0.3 is 10.1 Å². The highest BCUT2D eigenvalue weighted by atomic mass is 32.2. The number of nitrogens with zero attached hydrogens (tertiary/aromatic N) is 1. The number of benzene rings is 2. The molecule has 1 fully saturated rings. The van der Waals surface area contributed by atoms with E-state index in [1.54, 1.807) is 23.8 Å². The summed E-state index contributed by atoms with van der Waals surface area (Å²) in [5, 5.41) is 2.79. The first kappa shape index (κ1) is 19.3. The molecule has 1 aliphatic heterocycles. The van der Waals surface area contributed by atoms with Gasteiger partial charge in [0.05, 0.1) is 18.6 Å². The zero-order valence-electron chi connectivity index (χ0n) is 16.0. The lowest BCUT2D eigenvalue weighted by atomic mass is 9.95. The number of thioether (sulfide) groups is 1. The minimum absolute atomic E-state index is 0.0404. The number of amides is 2. The topological polar surface area (TPSA) is 58.6 Å². The number of methoxy groups -OCH3 is 1. The van der Waals surface area contributed by atoms with Gasteiger partial charge in [-0.2, -0.15) is 0 Å². The van der Waals surface area contributed by atoms with Gasteiger partial charge in [0.15, 0.2) is 0 Å². The lowest BCUT2D eigenvalue weighted by molar-refractivity contribution is -0.123. The van der Waals surface area contributed by atoms with Gasteiger partial charge in [0.25, 0.3) is 0 Å². The van der Waals surface area contributed by atoms with E-state index in [1.807, 2.05) is 69.3 Å². The summed E-state index contributed by atoms with van der Waals surface area (Å²) in [6.07, 6.45) is 0. The average Bonchev–Trinajstić information content (AvgIpc) is 3.02. The minimum atomic E-state index is -0.475. The largest absolute Gasteiger partial charge is 0.495 e. The monoisotopic (exact) mass is 384 g/mol. The molecule has 0 bridgehead atoms. The second-order valence-corrected chi connectivity index (χ2v) is 8.50. The molecule has 27 heavy (non-hydrogen) atoms. The van der Waals surface area contributed by atoms with Crippen molar-refractivity contribution in [3.63, 3.8) is 0 Å². The van der Waals surface area contributed by atoms with Crippen LogP contribution in [0.2, 0.25) is 0 Å². The number of hydrogen-bond donors (Lipinski definition) is 1. The molecule has 2 amide bonds. The fourth-order valence-electron chi connectivity index (χ4n) is 2.85. The van der Waals surface area contributed by atoms with Crippen molar-refractivity contribution in [2.75, 3.05) is 23.1 Å². The number of rotatable bonds is 4. The van der Waals surface area contributed by atoms with E-state index in [0.29, 0.717) is 11.5 Å². The van der Waals surface area contributed by atoms with Crippen LogP contribution < -0.4 is 15.0 Å². The van der Waals surface area contributed by atoms with Crippen LogP contribution in [-0.4, -0.2) is 24.7 Å². The Morgan fingerprint density at radius 2 is 1.93 bits per heavy atom. The number of carbonyl (C=O) groups excluding carboxylic acids is 2. The highest BCUT2D eigenvalue weighted by Gasteiger charge is 2.35. The van der Waals surface area contributed by atoms with Crippen molar-refractivity contribution >= 4 is 35.0 Å². The van der Waals surface area contributed by atoms with Crippen molar-refractivity contribution in [3.05, 3.63) is 54.1 Å². The molecule has 1 heterocycles. The van der Waals surface area contributed by atoms with Crippen molar-refractivity contribution in [2.45, 2.75) is 26.1 Å². The van der Waals surface area contributed by atoms with Gasteiger partial charge in [0, 0.05) is 11.1 Å². The van der Waals surface area contributed by atoms with Gasteiger partial charge in [-0.3, -0.25) is 14.5 Å². The molecule has 3 rings (SSSR count). The third-order valence-corrected chi connectivity index (χ3v) is 5.54. The SMILES string of the molecule is COc1ccccc1N1C(=O)CS[C@@H]1c1cccc(NC(=O)C(C)(C)C)c1. The number of anilines is 2. The molecule has 2 aromatic carbocycles. The molecule has 0 aliphatic carbocycles. The van der Waals surface area contributed by atoms with Crippen LogP contribution in [0.5, 0.6) is 5.75 Å². The molecule has 0 radical (unpaired) electrons. The van der Waals surface area contributed by atoms with Crippen LogP contribution in [0.1, 0.15) is 31.7 Å². The molecule has 0 saturated carbocycles. The summed E-state index contributed by atoms with van der Waals surface area (Å²) in [4.78, 5) is 26.7. The van der Waals surface area contributed by atoms with Crippen LogP contribution in [0.25, 0.3) is 0 Å². The van der Waals surface area contributed by atoms with Crippen molar-refractivity contribution in [1.82, 2.24) is 0 Å². The summed E-state index contributed by atoms with van der Waals surface area (Å²) in [5.41, 5.74) is 1.97. The molecule has 0 unspecified atom stereocenters. The van der Waals surface area contributed by atoms with Crippen molar-refractivity contribution in [2.24, 2.45) is 5.41 Å².